The molecule has 17 heavy (non-hydrogen) atoms. The molecule has 5 nitrogen and oxygen atoms in total. The minimum atomic E-state index is -1.16. The number of rotatable bonds is 5. The Morgan fingerprint density at radius 1 is 1.35 bits per heavy atom. The SMILES string of the molecule is NCC(=O)NC(Cc1ccc(F)cc1)C(=O)O. The highest BCUT2D eigenvalue weighted by Crippen LogP contribution is 2.06. The van der Waals surface area contributed by atoms with Crippen molar-refractivity contribution in [1.29, 1.82) is 0 Å². The lowest BCUT2D eigenvalue weighted by atomic mass is 10.1. The van der Waals surface area contributed by atoms with Gasteiger partial charge in [0.1, 0.15) is 11.9 Å². The van der Waals surface area contributed by atoms with Crippen LogP contribution in [0.1, 0.15) is 5.56 Å². The second-order valence-electron chi connectivity index (χ2n) is 3.49. The summed E-state index contributed by atoms with van der Waals surface area (Å²) in [6, 6.07) is 4.36. The number of nitrogens with two attached hydrogens (primary N) is 1. The Hall–Kier alpha value is -1.95. The van der Waals surface area contributed by atoms with E-state index in [-0.39, 0.29) is 13.0 Å². The minimum absolute atomic E-state index is 0.0847. The molecular formula is C11H13FN2O3. The van der Waals surface area contributed by atoms with Gasteiger partial charge in [0.05, 0.1) is 6.54 Å². The molecule has 1 unspecified atom stereocenters. The predicted molar refractivity (Wildman–Crippen MR) is 58.7 cm³/mol. The summed E-state index contributed by atoms with van der Waals surface area (Å²) in [7, 11) is 0. The lowest BCUT2D eigenvalue weighted by molar-refractivity contribution is -0.141. The van der Waals surface area contributed by atoms with E-state index in [1.165, 1.54) is 24.3 Å². The van der Waals surface area contributed by atoms with Gasteiger partial charge in [-0.3, -0.25) is 4.79 Å². The molecule has 6 heteroatoms. The highest BCUT2D eigenvalue weighted by Gasteiger charge is 2.19. The van der Waals surface area contributed by atoms with Crippen LogP contribution in [-0.4, -0.2) is 29.6 Å². The molecule has 1 amide bonds. The van der Waals surface area contributed by atoms with Crippen LogP contribution in [0.4, 0.5) is 4.39 Å². The van der Waals surface area contributed by atoms with Gasteiger partial charge in [-0.25, -0.2) is 9.18 Å². The summed E-state index contributed by atoms with van der Waals surface area (Å²) in [5, 5.41) is 11.2. The number of carbonyl (C=O) groups is 2. The van der Waals surface area contributed by atoms with Gasteiger partial charge in [0.25, 0.3) is 0 Å². The molecule has 0 saturated carbocycles. The number of hydrogen-bond donors (Lipinski definition) is 3. The third-order valence-corrected chi connectivity index (χ3v) is 2.17. The number of halogens is 1. The molecule has 1 rings (SSSR count). The maximum atomic E-state index is 12.6. The molecule has 1 aromatic carbocycles. The van der Waals surface area contributed by atoms with Crippen molar-refractivity contribution < 1.29 is 19.1 Å². The van der Waals surface area contributed by atoms with Crippen molar-refractivity contribution in [2.75, 3.05) is 6.54 Å². The second kappa shape index (κ2) is 5.95. The minimum Gasteiger partial charge on any atom is -0.480 e. The van der Waals surface area contributed by atoms with E-state index in [2.05, 4.69) is 5.32 Å². The average Bonchev–Trinajstić information content (AvgIpc) is 2.30. The standard InChI is InChI=1S/C11H13FN2O3/c12-8-3-1-7(2-4-8)5-9(11(16)17)14-10(15)6-13/h1-4,9H,5-6,13H2,(H,14,15)(H,16,17). The topological polar surface area (TPSA) is 92.4 Å². The van der Waals surface area contributed by atoms with Crippen LogP contribution in [0.5, 0.6) is 0 Å². The van der Waals surface area contributed by atoms with Gasteiger partial charge in [-0.2, -0.15) is 0 Å². The van der Waals surface area contributed by atoms with E-state index in [0.717, 1.165) is 0 Å². The van der Waals surface area contributed by atoms with Crippen LogP contribution in [0.2, 0.25) is 0 Å². The summed E-state index contributed by atoms with van der Waals surface area (Å²) >= 11 is 0. The quantitative estimate of drug-likeness (QED) is 0.670. The zero-order valence-electron chi connectivity index (χ0n) is 9.02. The van der Waals surface area contributed by atoms with E-state index >= 15 is 0 Å². The van der Waals surface area contributed by atoms with Crippen molar-refractivity contribution >= 4 is 11.9 Å². The molecule has 0 heterocycles. The number of benzene rings is 1. The Kier molecular flexibility index (Phi) is 4.59. The van der Waals surface area contributed by atoms with Gasteiger partial charge in [0.15, 0.2) is 0 Å². The van der Waals surface area contributed by atoms with E-state index in [4.69, 9.17) is 10.8 Å². The van der Waals surface area contributed by atoms with Crippen LogP contribution in [-0.2, 0) is 16.0 Å². The number of aliphatic carboxylic acids is 1. The normalized spacial score (nSPS) is 11.9. The summed E-state index contributed by atoms with van der Waals surface area (Å²) < 4.78 is 12.6. The Bertz CT molecular complexity index is 406. The molecule has 0 aliphatic carbocycles. The monoisotopic (exact) mass is 240 g/mol. The molecule has 0 aliphatic heterocycles. The molecule has 4 N–H and O–H groups in total. The number of amides is 1. The smallest absolute Gasteiger partial charge is 0.326 e. The molecule has 0 saturated heterocycles. The first-order valence-electron chi connectivity index (χ1n) is 4.99. The molecule has 1 aromatic rings. The van der Waals surface area contributed by atoms with Gasteiger partial charge in [0.2, 0.25) is 5.91 Å². The number of carbonyl (C=O) groups excluding carboxylic acids is 1. The zero-order chi connectivity index (χ0) is 12.8. The third kappa shape index (κ3) is 4.20. The van der Waals surface area contributed by atoms with E-state index in [9.17, 15) is 14.0 Å². The molecule has 0 spiro atoms. The number of hydrogen-bond acceptors (Lipinski definition) is 3. The van der Waals surface area contributed by atoms with Crippen LogP contribution in [0, 0.1) is 5.82 Å². The third-order valence-electron chi connectivity index (χ3n) is 2.17. The number of nitrogens with one attached hydrogen (secondary N) is 1. The van der Waals surface area contributed by atoms with E-state index in [0.29, 0.717) is 5.56 Å². The number of carboxylic acid groups (broad SMARTS) is 1. The Labute approximate surface area is 97.4 Å². The summed E-state index contributed by atoms with van der Waals surface area (Å²) in [4.78, 5) is 21.9. The van der Waals surface area contributed by atoms with Gasteiger partial charge in [-0.15, -0.1) is 0 Å². The van der Waals surface area contributed by atoms with Gasteiger partial charge in [-0.1, -0.05) is 12.1 Å². The van der Waals surface area contributed by atoms with Crippen LogP contribution in [0.15, 0.2) is 24.3 Å². The van der Waals surface area contributed by atoms with Crippen molar-refractivity contribution in [3.63, 3.8) is 0 Å². The van der Waals surface area contributed by atoms with Crippen LogP contribution >= 0.6 is 0 Å². The Morgan fingerprint density at radius 2 is 1.94 bits per heavy atom. The maximum absolute atomic E-state index is 12.6. The van der Waals surface area contributed by atoms with Crippen molar-refractivity contribution in [2.24, 2.45) is 5.73 Å². The molecule has 92 valence electrons. The predicted octanol–water partition coefficient (Wildman–Crippen LogP) is -0.104. The molecular weight excluding hydrogens is 227 g/mol. The van der Waals surface area contributed by atoms with Crippen LogP contribution < -0.4 is 11.1 Å². The highest BCUT2D eigenvalue weighted by molar-refractivity contribution is 5.84. The highest BCUT2D eigenvalue weighted by atomic mass is 19.1. The van der Waals surface area contributed by atoms with E-state index in [1.54, 1.807) is 0 Å². The van der Waals surface area contributed by atoms with E-state index < -0.39 is 23.7 Å². The fourth-order valence-electron chi connectivity index (χ4n) is 1.31. The van der Waals surface area contributed by atoms with Gasteiger partial charge in [-0.05, 0) is 17.7 Å². The second-order valence-corrected chi connectivity index (χ2v) is 3.49. The van der Waals surface area contributed by atoms with Crippen molar-refractivity contribution in [3.8, 4) is 0 Å². The summed E-state index contributed by atoms with van der Waals surface area (Å²) in [5.74, 6) is -2.10. The first-order valence-corrected chi connectivity index (χ1v) is 4.99. The fourth-order valence-corrected chi connectivity index (χ4v) is 1.31. The summed E-state index contributed by atoms with van der Waals surface area (Å²) in [6.07, 6.45) is 0.0847. The first-order chi connectivity index (χ1) is 8.02. The molecule has 0 aromatic heterocycles. The van der Waals surface area contributed by atoms with Gasteiger partial charge < -0.3 is 16.2 Å². The van der Waals surface area contributed by atoms with Gasteiger partial charge in [0, 0.05) is 6.42 Å². The summed E-state index contributed by atoms with van der Waals surface area (Å²) in [6.45, 7) is -0.271. The van der Waals surface area contributed by atoms with Crippen molar-refractivity contribution in [3.05, 3.63) is 35.6 Å². The van der Waals surface area contributed by atoms with Crippen LogP contribution in [0.3, 0.4) is 0 Å². The lowest BCUT2D eigenvalue weighted by Gasteiger charge is -2.13. The largest absolute Gasteiger partial charge is 0.480 e. The molecule has 1 atom stereocenters. The zero-order valence-corrected chi connectivity index (χ0v) is 9.02. The molecule has 0 fully saturated rings. The first kappa shape index (κ1) is 13.1. The Balaban J connectivity index is 2.70. The number of carboxylic acids is 1. The van der Waals surface area contributed by atoms with Crippen molar-refractivity contribution in [2.45, 2.75) is 12.5 Å². The summed E-state index contributed by atoms with van der Waals surface area (Å²) in [5.41, 5.74) is 5.70. The van der Waals surface area contributed by atoms with Crippen molar-refractivity contribution in [1.82, 2.24) is 5.32 Å². The fraction of sp³-hybridized carbons (Fsp3) is 0.273. The van der Waals surface area contributed by atoms with Gasteiger partial charge >= 0.3 is 5.97 Å². The molecule has 0 aliphatic rings. The molecule has 0 radical (unpaired) electrons. The average molecular weight is 240 g/mol. The van der Waals surface area contributed by atoms with E-state index in [1.807, 2.05) is 0 Å². The Morgan fingerprint density at radius 3 is 2.41 bits per heavy atom. The maximum Gasteiger partial charge on any atom is 0.326 e. The molecule has 0 bridgehead atoms. The lowest BCUT2D eigenvalue weighted by Crippen LogP contribution is -2.44. The van der Waals surface area contributed by atoms with Crippen LogP contribution in [0.25, 0.3) is 0 Å².